The molecule has 0 spiro atoms. The molecule has 1 fully saturated rings. The van der Waals surface area contributed by atoms with Crippen molar-refractivity contribution in [3.8, 4) is 0 Å². The van der Waals surface area contributed by atoms with Gasteiger partial charge in [0.05, 0.1) is 18.0 Å². The van der Waals surface area contributed by atoms with E-state index in [9.17, 15) is 9.90 Å². The van der Waals surface area contributed by atoms with Gasteiger partial charge >= 0.3 is 5.97 Å². The van der Waals surface area contributed by atoms with Gasteiger partial charge in [-0.2, -0.15) is 5.10 Å². The lowest BCUT2D eigenvalue weighted by molar-refractivity contribution is 0.0694. The number of aromatic nitrogens is 2. The summed E-state index contributed by atoms with van der Waals surface area (Å²) in [7, 11) is 1.73. The molecule has 16 heavy (non-hydrogen) atoms. The summed E-state index contributed by atoms with van der Waals surface area (Å²) >= 11 is 0. The standard InChI is InChI=1S/C10H15N3O3/c1-12-9(8(4-11-12)10(15)16)6-13-3-2-7(14)5-13/h4,7,14H,2-3,5-6H2,1H3,(H,15,16). The van der Waals surface area contributed by atoms with Crippen LogP contribution in [-0.4, -0.2) is 50.1 Å². The van der Waals surface area contributed by atoms with Gasteiger partial charge < -0.3 is 10.2 Å². The van der Waals surface area contributed by atoms with Crippen molar-refractivity contribution in [1.82, 2.24) is 14.7 Å². The molecule has 0 aromatic carbocycles. The number of aliphatic hydroxyl groups is 1. The molecule has 1 aliphatic rings. The molecule has 88 valence electrons. The molecule has 1 atom stereocenters. The number of carbonyl (C=O) groups is 1. The van der Waals surface area contributed by atoms with Crippen molar-refractivity contribution in [3.63, 3.8) is 0 Å². The molecule has 1 aliphatic heterocycles. The Morgan fingerprint density at radius 2 is 2.44 bits per heavy atom. The number of hydrogen-bond donors (Lipinski definition) is 2. The van der Waals surface area contributed by atoms with E-state index >= 15 is 0 Å². The fourth-order valence-corrected chi connectivity index (χ4v) is 2.00. The zero-order valence-electron chi connectivity index (χ0n) is 9.13. The molecule has 0 aliphatic carbocycles. The van der Waals surface area contributed by atoms with Gasteiger partial charge in [-0.25, -0.2) is 4.79 Å². The fourth-order valence-electron chi connectivity index (χ4n) is 2.00. The molecule has 2 rings (SSSR count). The Hall–Kier alpha value is -1.40. The molecule has 0 bridgehead atoms. The van der Waals surface area contributed by atoms with Crippen molar-refractivity contribution in [2.24, 2.45) is 7.05 Å². The van der Waals surface area contributed by atoms with Crippen LogP contribution in [0.25, 0.3) is 0 Å². The van der Waals surface area contributed by atoms with Crippen LogP contribution < -0.4 is 0 Å². The number of carboxylic acid groups (broad SMARTS) is 1. The molecular weight excluding hydrogens is 210 g/mol. The summed E-state index contributed by atoms with van der Waals surface area (Å²) in [5.41, 5.74) is 0.922. The quantitative estimate of drug-likeness (QED) is 0.737. The Balaban J connectivity index is 2.14. The molecule has 6 heteroatoms. The van der Waals surface area contributed by atoms with Gasteiger partial charge in [0.1, 0.15) is 5.56 Å². The van der Waals surface area contributed by atoms with E-state index in [4.69, 9.17) is 5.11 Å². The van der Waals surface area contributed by atoms with Gasteiger partial charge in [-0.05, 0) is 6.42 Å². The van der Waals surface area contributed by atoms with Gasteiger partial charge in [-0.3, -0.25) is 9.58 Å². The highest BCUT2D eigenvalue weighted by Gasteiger charge is 2.23. The Kier molecular flexibility index (Phi) is 2.93. The van der Waals surface area contributed by atoms with Gasteiger partial charge in [0.2, 0.25) is 0 Å². The fraction of sp³-hybridized carbons (Fsp3) is 0.600. The average Bonchev–Trinajstić information content (AvgIpc) is 2.76. The van der Waals surface area contributed by atoms with Gasteiger partial charge in [0.15, 0.2) is 0 Å². The van der Waals surface area contributed by atoms with Gasteiger partial charge in [-0.1, -0.05) is 0 Å². The number of aliphatic hydroxyl groups excluding tert-OH is 1. The predicted molar refractivity (Wildman–Crippen MR) is 56.1 cm³/mol. The molecule has 0 radical (unpaired) electrons. The van der Waals surface area contributed by atoms with Gasteiger partial charge in [-0.15, -0.1) is 0 Å². The van der Waals surface area contributed by atoms with Crippen LogP contribution in [0.3, 0.4) is 0 Å². The van der Waals surface area contributed by atoms with Crippen molar-refractivity contribution >= 4 is 5.97 Å². The molecular formula is C10H15N3O3. The number of aromatic carboxylic acids is 1. The lowest BCUT2D eigenvalue weighted by atomic mass is 10.2. The molecule has 1 aromatic heterocycles. The Morgan fingerprint density at radius 1 is 1.69 bits per heavy atom. The van der Waals surface area contributed by atoms with E-state index < -0.39 is 5.97 Å². The molecule has 6 nitrogen and oxygen atoms in total. The van der Waals surface area contributed by atoms with E-state index in [1.807, 2.05) is 4.90 Å². The molecule has 0 saturated carbocycles. The van der Waals surface area contributed by atoms with Crippen molar-refractivity contribution in [2.45, 2.75) is 19.1 Å². The van der Waals surface area contributed by atoms with E-state index in [1.54, 1.807) is 11.7 Å². The second-order valence-corrected chi connectivity index (χ2v) is 4.11. The summed E-state index contributed by atoms with van der Waals surface area (Å²) in [4.78, 5) is 13.0. The van der Waals surface area contributed by atoms with Crippen LogP contribution in [0.1, 0.15) is 22.5 Å². The Labute approximate surface area is 93.1 Å². The minimum atomic E-state index is -0.956. The molecule has 2 N–H and O–H groups in total. The third-order valence-corrected chi connectivity index (χ3v) is 2.91. The van der Waals surface area contributed by atoms with Crippen LogP contribution in [0.2, 0.25) is 0 Å². The third kappa shape index (κ3) is 2.07. The first kappa shape index (κ1) is 11.1. The zero-order valence-corrected chi connectivity index (χ0v) is 9.13. The van der Waals surface area contributed by atoms with Crippen LogP contribution in [0.5, 0.6) is 0 Å². The highest BCUT2D eigenvalue weighted by Crippen LogP contribution is 2.15. The maximum Gasteiger partial charge on any atom is 0.339 e. The van der Waals surface area contributed by atoms with Crippen LogP contribution in [0.15, 0.2) is 6.20 Å². The van der Waals surface area contributed by atoms with E-state index in [1.165, 1.54) is 6.20 Å². The van der Waals surface area contributed by atoms with E-state index in [2.05, 4.69) is 5.10 Å². The van der Waals surface area contributed by atoms with Crippen LogP contribution in [0, 0.1) is 0 Å². The smallest absolute Gasteiger partial charge is 0.339 e. The zero-order chi connectivity index (χ0) is 11.7. The summed E-state index contributed by atoms with van der Waals surface area (Å²) in [5, 5.41) is 22.3. The summed E-state index contributed by atoms with van der Waals surface area (Å²) in [6, 6.07) is 0. The first-order chi connectivity index (χ1) is 7.58. The third-order valence-electron chi connectivity index (χ3n) is 2.91. The van der Waals surface area contributed by atoms with Crippen molar-refractivity contribution < 1.29 is 15.0 Å². The van der Waals surface area contributed by atoms with Crippen molar-refractivity contribution in [3.05, 3.63) is 17.5 Å². The minimum absolute atomic E-state index is 0.240. The first-order valence-electron chi connectivity index (χ1n) is 5.22. The van der Waals surface area contributed by atoms with Crippen LogP contribution >= 0.6 is 0 Å². The number of rotatable bonds is 3. The molecule has 2 heterocycles. The highest BCUT2D eigenvalue weighted by molar-refractivity contribution is 5.88. The summed E-state index contributed by atoms with van der Waals surface area (Å²) < 4.78 is 1.58. The maximum absolute atomic E-state index is 11.0. The van der Waals surface area contributed by atoms with Gasteiger partial charge in [0.25, 0.3) is 0 Å². The molecule has 0 amide bonds. The topological polar surface area (TPSA) is 78.6 Å². The number of likely N-dealkylation sites (tertiary alicyclic amines) is 1. The normalized spacial score (nSPS) is 21.5. The highest BCUT2D eigenvalue weighted by atomic mass is 16.4. The van der Waals surface area contributed by atoms with Crippen LogP contribution in [0.4, 0.5) is 0 Å². The first-order valence-corrected chi connectivity index (χ1v) is 5.22. The monoisotopic (exact) mass is 225 g/mol. The molecule has 1 unspecified atom stereocenters. The summed E-state index contributed by atoms with van der Waals surface area (Å²) in [6.07, 6.45) is 1.83. The minimum Gasteiger partial charge on any atom is -0.478 e. The SMILES string of the molecule is Cn1ncc(C(=O)O)c1CN1CCC(O)C1. The number of hydrogen-bond acceptors (Lipinski definition) is 4. The van der Waals surface area contributed by atoms with Crippen molar-refractivity contribution in [1.29, 1.82) is 0 Å². The number of nitrogens with zero attached hydrogens (tertiary/aromatic N) is 3. The maximum atomic E-state index is 11.0. The number of aryl methyl sites for hydroxylation is 1. The lowest BCUT2D eigenvalue weighted by Gasteiger charge is -2.15. The molecule has 1 saturated heterocycles. The lowest BCUT2D eigenvalue weighted by Crippen LogP contribution is -2.24. The van der Waals surface area contributed by atoms with E-state index in [0.717, 1.165) is 13.0 Å². The predicted octanol–water partition coefficient (Wildman–Crippen LogP) is -0.315. The van der Waals surface area contributed by atoms with Crippen LogP contribution in [-0.2, 0) is 13.6 Å². The summed E-state index contributed by atoms with van der Waals surface area (Å²) in [5.74, 6) is -0.956. The van der Waals surface area contributed by atoms with E-state index in [-0.39, 0.29) is 11.7 Å². The Bertz CT molecular complexity index is 402. The second-order valence-electron chi connectivity index (χ2n) is 4.11. The van der Waals surface area contributed by atoms with Crippen molar-refractivity contribution in [2.75, 3.05) is 13.1 Å². The van der Waals surface area contributed by atoms with Gasteiger partial charge in [0, 0.05) is 26.7 Å². The second kappa shape index (κ2) is 4.23. The number of carboxylic acids is 1. The summed E-state index contributed by atoms with van der Waals surface area (Å²) in [6.45, 7) is 1.92. The Morgan fingerprint density at radius 3 is 3.00 bits per heavy atom. The molecule has 1 aromatic rings. The average molecular weight is 225 g/mol. The largest absolute Gasteiger partial charge is 0.478 e. The van der Waals surface area contributed by atoms with E-state index in [0.29, 0.717) is 18.8 Å². The number of β-amino-alcohol motifs (C(OH)–C–C–N with tert-alkyl or cyclic N) is 1.